The van der Waals surface area contributed by atoms with Gasteiger partial charge in [-0.25, -0.2) is 0 Å². The first-order valence-electron chi connectivity index (χ1n) is 4.33. The van der Waals surface area contributed by atoms with E-state index in [4.69, 9.17) is 0 Å². The SMILES string of the molecule is CC(C)CNC(=O)C1(C)CC1. The van der Waals surface area contributed by atoms with Gasteiger partial charge in [0.15, 0.2) is 0 Å². The van der Waals surface area contributed by atoms with Gasteiger partial charge in [0, 0.05) is 12.0 Å². The number of hydrogen-bond donors (Lipinski definition) is 1. The van der Waals surface area contributed by atoms with Gasteiger partial charge in [-0.2, -0.15) is 0 Å². The fourth-order valence-corrected chi connectivity index (χ4v) is 0.925. The van der Waals surface area contributed by atoms with Crippen molar-refractivity contribution in [2.75, 3.05) is 6.54 Å². The molecule has 1 N–H and O–H groups in total. The first kappa shape index (κ1) is 8.57. The number of carbonyl (C=O) groups is 1. The normalized spacial score (nSPS) is 20.0. The van der Waals surface area contributed by atoms with Gasteiger partial charge in [-0.05, 0) is 18.8 Å². The molecular weight excluding hydrogens is 138 g/mol. The van der Waals surface area contributed by atoms with Crippen molar-refractivity contribution >= 4 is 5.91 Å². The molecule has 0 aromatic heterocycles. The Morgan fingerprint density at radius 1 is 1.55 bits per heavy atom. The van der Waals surface area contributed by atoms with E-state index in [1.165, 1.54) is 0 Å². The molecular formula is C9H17NO. The summed E-state index contributed by atoms with van der Waals surface area (Å²) in [5, 5.41) is 2.95. The third-order valence-corrected chi connectivity index (χ3v) is 2.22. The van der Waals surface area contributed by atoms with E-state index in [-0.39, 0.29) is 11.3 Å². The van der Waals surface area contributed by atoms with Crippen LogP contribution in [0.4, 0.5) is 0 Å². The summed E-state index contributed by atoms with van der Waals surface area (Å²) < 4.78 is 0. The Kier molecular flexibility index (Phi) is 2.21. The molecule has 0 bridgehead atoms. The van der Waals surface area contributed by atoms with Gasteiger partial charge < -0.3 is 5.32 Å². The van der Waals surface area contributed by atoms with Crippen LogP contribution in [0, 0.1) is 11.3 Å². The Morgan fingerprint density at radius 2 is 2.09 bits per heavy atom. The highest BCUT2D eigenvalue weighted by Crippen LogP contribution is 2.44. The predicted octanol–water partition coefficient (Wildman–Crippen LogP) is 1.56. The molecule has 1 rings (SSSR count). The van der Waals surface area contributed by atoms with Crippen LogP contribution in [-0.4, -0.2) is 12.5 Å². The second-order valence-electron chi connectivity index (χ2n) is 4.16. The van der Waals surface area contributed by atoms with Gasteiger partial charge in [0.1, 0.15) is 0 Å². The van der Waals surface area contributed by atoms with Gasteiger partial charge in [0.2, 0.25) is 5.91 Å². The van der Waals surface area contributed by atoms with Crippen molar-refractivity contribution in [1.29, 1.82) is 0 Å². The average Bonchev–Trinajstić information content (AvgIpc) is 2.64. The maximum atomic E-state index is 11.3. The fourth-order valence-electron chi connectivity index (χ4n) is 0.925. The van der Waals surface area contributed by atoms with Crippen molar-refractivity contribution in [3.8, 4) is 0 Å². The van der Waals surface area contributed by atoms with E-state index in [1.807, 2.05) is 6.92 Å². The summed E-state index contributed by atoms with van der Waals surface area (Å²) in [7, 11) is 0. The average molecular weight is 155 g/mol. The summed E-state index contributed by atoms with van der Waals surface area (Å²) in [6, 6.07) is 0. The summed E-state index contributed by atoms with van der Waals surface area (Å²) in [4.78, 5) is 11.3. The molecule has 1 aliphatic rings. The van der Waals surface area contributed by atoms with Gasteiger partial charge in [-0.3, -0.25) is 4.79 Å². The van der Waals surface area contributed by atoms with E-state index >= 15 is 0 Å². The molecule has 11 heavy (non-hydrogen) atoms. The minimum Gasteiger partial charge on any atom is -0.355 e. The van der Waals surface area contributed by atoms with Gasteiger partial charge in [0.25, 0.3) is 0 Å². The zero-order valence-electron chi connectivity index (χ0n) is 7.61. The Bertz CT molecular complexity index is 159. The summed E-state index contributed by atoms with van der Waals surface area (Å²) in [6.07, 6.45) is 2.13. The summed E-state index contributed by atoms with van der Waals surface area (Å²) >= 11 is 0. The largest absolute Gasteiger partial charge is 0.355 e. The summed E-state index contributed by atoms with van der Waals surface area (Å²) in [5.74, 6) is 0.799. The zero-order chi connectivity index (χ0) is 8.48. The van der Waals surface area contributed by atoms with E-state index in [0.717, 1.165) is 19.4 Å². The molecule has 0 spiro atoms. The van der Waals surface area contributed by atoms with Crippen LogP contribution in [0.3, 0.4) is 0 Å². The lowest BCUT2D eigenvalue weighted by Gasteiger charge is -2.11. The Morgan fingerprint density at radius 3 is 2.45 bits per heavy atom. The highest BCUT2D eigenvalue weighted by atomic mass is 16.2. The molecule has 0 heterocycles. The molecule has 1 amide bonds. The smallest absolute Gasteiger partial charge is 0.225 e. The number of nitrogens with one attached hydrogen (secondary N) is 1. The van der Waals surface area contributed by atoms with Crippen molar-refractivity contribution in [2.45, 2.75) is 33.6 Å². The minimum atomic E-state index is -0.00507. The van der Waals surface area contributed by atoms with Crippen LogP contribution in [-0.2, 0) is 4.79 Å². The van der Waals surface area contributed by atoms with Gasteiger partial charge in [-0.15, -0.1) is 0 Å². The third-order valence-electron chi connectivity index (χ3n) is 2.22. The van der Waals surface area contributed by atoms with Crippen LogP contribution in [0.1, 0.15) is 33.6 Å². The minimum absolute atomic E-state index is 0.00507. The number of carbonyl (C=O) groups excluding carboxylic acids is 1. The van der Waals surface area contributed by atoms with Crippen LogP contribution in [0.25, 0.3) is 0 Å². The Hall–Kier alpha value is -0.530. The lowest BCUT2D eigenvalue weighted by Crippen LogP contribution is -2.32. The molecule has 64 valence electrons. The first-order valence-corrected chi connectivity index (χ1v) is 4.33. The second-order valence-corrected chi connectivity index (χ2v) is 4.16. The van der Waals surface area contributed by atoms with Crippen molar-refractivity contribution in [3.05, 3.63) is 0 Å². The van der Waals surface area contributed by atoms with Crippen molar-refractivity contribution in [2.24, 2.45) is 11.3 Å². The maximum absolute atomic E-state index is 11.3. The lowest BCUT2D eigenvalue weighted by molar-refractivity contribution is -0.125. The molecule has 0 aromatic carbocycles. The molecule has 0 saturated heterocycles. The van der Waals surface area contributed by atoms with Gasteiger partial charge in [-0.1, -0.05) is 20.8 Å². The number of amides is 1. The Balaban J connectivity index is 2.22. The summed E-state index contributed by atoms with van der Waals surface area (Å²) in [6.45, 7) is 7.06. The molecule has 2 heteroatoms. The molecule has 0 atom stereocenters. The molecule has 0 radical (unpaired) electrons. The van der Waals surface area contributed by atoms with E-state index < -0.39 is 0 Å². The first-order chi connectivity index (χ1) is 5.04. The third kappa shape index (κ3) is 2.21. The van der Waals surface area contributed by atoms with Gasteiger partial charge in [0.05, 0.1) is 0 Å². The topological polar surface area (TPSA) is 29.1 Å². The molecule has 1 aliphatic carbocycles. The lowest BCUT2D eigenvalue weighted by atomic mass is 10.1. The molecule has 0 aliphatic heterocycles. The van der Waals surface area contributed by atoms with Crippen LogP contribution >= 0.6 is 0 Å². The Labute approximate surface area is 68.4 Å². The fraction of sp³-hybridized carbons (Fsp3) is 0.889. The van der Waals surface area contributed by atoms with Crippen molar-refractivity contribution in [1.82, 2.24) is 5.32 Å². The van der Waals surface area contributed by atoms with Gasteiger partial charge >= 0.3 is 0 Å². The second kappa shape index (κ2) is 2.84. The van der Waals surface area contributed by atoms with Crippen LogP contribution in [0.5, 0.6) is 0 Å². The van der Waals surface area contributed by atoms with Crippen LogP contribution < -0.4 is 5.32 Å². The van der Waals surface area contributed by atoms with Crippen LogP contribution in [0.2, 0.25) is 0 Å². The van der Waals surface area contributed by atoms with Crippen LogP contribution in [0.15, 0.2) is 0 Å². The highest BCUT2D eigenvalue weighted by Gasteiger charge is 2.44. The molecule has 2 nitrogen and oxygen atoms in total. The standard InChI is InChI=1S/C9H17NO/c1-7(2)6-10-8(11)9(3)4-5-9/h7H,4-6H2,1-3H3,(H,10,11). The van der Waals surface area contributed by atoms with E-state index in [2.05, 4.69) is 19.2 Å². The van der Waals surface area contributed by atoms with E-state index in [9.17, 15) is 4.79 Å². The zero-order valence-corrected chi connectivity index (χ0v) is 7.61. The van der Waals surface area contributed by atoms with E-state index in [0.29, 0.717) is 5.92 Å². The number of rotatable bonds is 3. The van der Waals surface area contributed by atoms with Crippen molar-refractivity contribution in [3.63, 3.8) is 0 Å². The quantitative estimate of drug-likeness (QED) is 0.658. The predicted molar refractivity (Wildman–Crippen MR) is 45.2 cm³/mol. The van der Waals surface area contributed by atoms with Crippen molar-refractivity contribution < 1.29 is 4.79 Å². The van der Waals surface area contributed by atoms with E-state index in [1.54, 1.807) is 0 Å². The summed E-state index contributed by atoms with van der Waals surface area (Å²) in [5.41, 5.74) is -0.00507. The maximum Gasteiger partial charge on any atom is 0.225 e. The molecule has 0 aromatic rings. The molecule has 0 unspecified atom stereocenters. The molecule has 1 fully saturated rings. The molecule has 1 saturated carbocycles. The monoisotopic (exact) mass is 155 g/mol. The highest BCUT2D eigenvalue weighted by molar-refractivity contribution is 5.84. The number of hydrogen-bond acceptors (Lipinski definition) is 1.